The largest absolute Gasteiger partial charge is 0.313 e. The summed E-state index contributed by atoms with van der Waals surface area (Å²) >= 11 is 5.33. The van der Waals surface area contributed by atoms with E-state index in [-0.39, 0.29) is 5.82 Å². The van der Waals surface area contributed by atoms with Gasteiger partial charge in [0.2, 0.25) is 0 Å². The summed E-state index contributed by atoms with van der Waals surface area (Å²) in [4.78, 5) is 1.26. The number of hydrogen-bond donors (Lipinski definition) is 1. The summed E-state index contributed by atoms with van der Waals surface area (Å²) in [7, 11) is 0. The fourth-order valence-electron chi connectivity index (χ4n) is 2.14. The van der Waals surface area contributed by atoms with Gasteiger partial charge in [-0.05, 0) is 48.9 Å². The smallest absolute Gasteiger partial charge is 0.123 e. The number of halogens is 2. The fraction of sp³-hybridized carbons (Fsp3) is 0.294. The average Bonchev–Trinajstić information content (AvgIpc) is 2.47. The molecule has 1 atom stereocenters. The molecule has 0 spiro atoms. The first-order valence-electron chi connectivity index (χ1n) is 7.03. The summed E-state index contributed by atoms with van der Waals surface area (Å²) in [5, 5.41) is 3.50. The number of nitrogens with one attached hydrogen (secondary N) is 1. The van der Waals surface area contributed by atoms with Crippen LogP contribution in [0.2, 0.25) is 0 Å². The maximum atomic E-state index is 13.0. The van der Waals surface area contributed by atoms with E-state index in [9.17, 15) is 4.39 Å². The van der Waals surface area contributed by atoms with Gasteiger partial charge >= 0.3 is 0 Å². The van der Waals surface area contributed by atoms with E-state index in [1.165, 1.54) is 17.0 Å². The van der Waals surface area contributed by atoms with Gasteiger partial charge in [0.1, 0.15) is 5.82 Å². The third kappa shape index (κ3) is 5.81. The van der Waals surface area contributed by atoms with E-state index in [1.807, 2.05) is 30.0 Å². The van der Waals surface area contributed by atoms with Crippen LogP contribution in [0.25, 0.3) is 0 Å². The highest BCUT2D eigenvalue weighted by atomic mass is 79.9. The molecule has 0 fully saturated rings. The van der Waals surface area contributed by atoms with Gasteiger partial charge < -0.3 is 5.32 Å². The molecule has 1 nitrogen and oxygen atoms in total. The van der Waals surface area contributed by atoms with Crippen molar-refractivity contribution in [2.45, 2.75) is 24.3 Å². The third-order valence-corrected chi connectivity index (χ3v) is 4.78. The summed E-state index contributed by atoms with van der Waals surface area (Å²) < 4.78 is 14.1. The number of likely N-dealkylation sites (N-methyl/N-ethyl adjacent to an activating group) is 1. The summed E-state index contributed by atoms with van der Waals surface area (Å²) in [6.07, 6.45) is 0.912. The van der Waals surface area contributed by atoms with Crippen LogP contribution in [0.5, 0.6) is 0 Å². The predicted molar refractivity (Wildman–Crippen MR) is 92.4 cm³/mol. The van der Waals surface area contributed by atoms with Crippen LogP contribution < -0.4 is 5.32 Å². The molecule has 2 aromatic carbocycles. The Morgan fingerprint density at radius 2 is 1.95 bits per heavy atom. The maximum Gasteiger partial charge on any atom is 0.123 e. The molecule has 4 heteroatoms. The Morgan fingerprint density at radius 1 is 1.19 bits per heavy atom. The van der Waals surface area contributed by atoms with Gasteiger partial charge in [0.05, 0.1) is 0 Å². The molecule has 0 saturated heterocycles. The minimum atomic E-state index is -0.178. The molecule has 112 valence electrons. The Labute approximate surface area is 138 Å². The third-order valence-electron chi connectivity index (χ3n) is 3.14. The topological polar surface area (TPSA) is 12.0 Å². The maximum absolute atomic E-state index is 13.0. The normalized spacial score (nSPS) is 12.3. The van der Waals surface area contributed by atoms with Crippen LogP contribution in [0.3, 0.4) is 0 Å². The Bertz CT molecular complexity index is 559. The summed E-state index contributed by atoms with van der Waals surface area (Å²) in [5.74, 6) is 0.809. The van der Waals surface area contributed by atoms with Crippen LogP contribution in [-0.2, 0) is 6.42 Å². The molecule has 0 aliphatic carbocycles. The molecule has 0 aliphatic rings. The molecule has 21 heavy (non-hydrogen) atoms. The van der Waals surface area contributed by atoms with Gasteiger partial charge in [0.15, 0.2) is 0 Å². The van der Waals surface area contributed by atoms with Crippen molar-refractivity contribution in [2.24, 2.45) is 0 Å². The van der Waals surface area contributed by atoms with Gasteiger partial charge in [-0.25, -0.2) is 4.39 Å². The molecule has 0 aromatic heterocycles. The zero-order valence-electron chi connectivity index (χ0n) is 12.0. The second-order valence-corrected chi connectivity index (χ2v) is 6.86. The van der Waals surface area contributed by atoms with Crippen LogP contribution in [0.1, 0.15) is 12.5 Å². The zero-order chi connectivity index (χ0) is 15.1. The van der Waals surface area contributed by atoms with Gasteiger partial charge in [0.25, 0.3) is 0 Å². The number of benzene rings is 2. The van der Waals surface area contributed by atoms with Crippen LogP contribution in [-0.4, -0.2) is 18.3 Å². The summed E-state index contributed by atoms with van der Waals surface area (Å²) in [5.41, 5.74) is 1.16. The summed E-state index contributed by atoms with van der Waals surface area (Å²) in [6, 6.07) is 15.5. The van der Waals surface area contributed by atoms with Crippen molar-refractivity contribution in [1.82, 2.24) is 5.32 Å². The van der Waals surface area contributed by atoms with Gasteiger partial charge in [-0.3, -0.25) is 0 Å². The van der Waals surface area contributed by atoms with E-state index >= 15 is 0 Å². The van der Waals surface area contributed by atoms with Crippen LogP contribution in [0.4, 0.5) is 4.39 Å². The first kappa shape index (κ1) is 16.5. The van der Waals surface area contributed by atoms with Crippen molar-refractivity contribution in [3.63, 3.8) is 0 Å². The molecular formula is C17H19BrFNS. The van der Waals surface area contributed by atoms with E-state index in [0.29, 0.717) is 6.04 Å². The van der Waals surface area contributed by atoms with Crippen molar-refractivity contribution < 1.29 is 4.39 Å². The highest BCUT2D eigenvalue weighted by Gasteiger charge is 2.09. The predicted octanol–water partition coefficient (Wildman–Crippen LogP) is 4.90. The van der Waals surface area contributed by atoms with Crippen molar-refractivity contribution in [3.8, 4) is 0 Å². The molecule has 2 aromatic rings. The Kier molecular flexibility index (Phi) is 6.74. The molecule has 0 aliphatic heterocycles. The lowest BCUT2D eigenvalue weighted by molar-refractivity contribution is 0.571. The fourth-order valence-corrected chi connectivity index (χ4v) is 3.70. The van der Waals surface area contributed by atoms with E-state index in [1.54, 1.807) is 0 Å². The van der Waals surface area contributed by atoms with Crippen molar-refractivity contribution in [1.29, 1.82) is 0 Å². The minimum Gasteiger partial charge on any atom is -0.313 e. The van der Waals surface area contributed by atoms with E-state index in [2.05, 4.69) is 46.4 Å². The van der Waals surface area contributed by atoms with E-state index in [4.69, 9.17) is 0 Å². The number of thioether (sulfide) groups is 1. The second kappa shape index (κ2) is 8.57. The quantitative estimate of drug-likeness (QED) is 0.698. The molecule has 0 saturated carbocycles. The van der Waals surface area contributed by atoms with Crippen molar-refractivity contribution in [3.05, 3.63) is 64.4 Å². The van der Waals surface area contributed by atoms with Crippen LogP contribution in [0, 0.1) is 5.82 Å². The molecule has 0 radical (unpaired) electrons. The highest BCUT2D eigenvalue weighted by Crippen LogP contribution is 2.23. The Balaban J connectivity index is 1.93. The second-order valence-electron chi connectivity index (χ2n) is 4.85. The molecule has 0 amide bonds. The van der Waals surface area contributed by atoms with Gasteiger partial charge in [-0.1, -0.05) is 41.1 Å². The van der Waals surface area contributed by atoms with Gasteiger partial charge in [-0.15, -0.1) is 11.8 Å². The van der Waals surface area contributed by atoms with Crippen LogP contribution >= 0.6 is 27.7 Å². The highest BCUT2D eigenvalue weighted by molar-refractivity contribution is 9.10. The monoisotopic (exact) mass is 367 g/mol. The van der Waals surface area contributed by atoms with E-state index < -0.39 is 0 Å². The Morgan fingerprint density at radius 3 is 2.62 bits per heavy atom. The molecular weight excluding hydrogens is 349 g/mol. The lowest BCUT2D eigenvalue weighted by atomic mass is 10.1. The Hall–Kier alpha value is -0.840. The zero-order valence-corrected chi connectivity index (χ0v) is 14.4. The SMILES string of the molecule is CCNC(CSc1cccc(Br)c1)Cc1ccc(F)cc1. The number of rotatable bonds is 7. The van der Waals surface area contributed by atoms with Crippen molar-refractivity contribution in [2.75, 3.05) is 12.3 Å². The first-order valence-corrected chi connectivity index (χ1v) is 8.81. The molecule has 2 rings (SSSR count). The summed E-state index contributed by atoms with van der Waals surface area (Å²) in [6.45, 7) is 3.05. The molecule has 0 heterocycles. The van der Waals surface area contributed by atoms with Crippen molar-refractivity contribution >= 4 is 27.7 Å². The average molecular weight is 368 g/mol. The lowest BCUT2D eigenvalue weighted by Gasteiger charge is -2.17. The van der Waals surface area contributed by atoms with E-state index in [0.717, 1.165) is 28.8 Å². The molecule has 0 bridgehead atoms. The first-order chi connectivity index (χ1) is 10.2. The van der Waals surface area contributed by atoms with Crippen LogP contribution in [0.15, 0.2) is 57.9 Å². The number of hydrogen-bond acceptors (Lipinski definition) is 2. The molecule has 1 unspecified atom stereocenters. The molecule has 1 N–H and O–H groups in total. The standard InChI is InChI=1S/C17H19BrFNS/c1-2-20-16(10-13-6-8-15(19)9-7-13)12-21-17-5-3-4-14(18)11-17/h3-9,11,16,20H,2,10,12H2,1H3. The van der Waals surface area contributed by atoms with Gasteiger partial charge in [0, 0.05) is 21.2 Å². The minimum absolute atomic E-state index is 0.178. The van der Waals surface area contributed by atoms with Gasteiger partial charge in [-0.2, -0.15) is 0 Å². The lowest BCUT2D eigenvalue weighted by Crippen LogP contribution is -2.33.